The summed E-state index contributed by atoms with van der Waals surface area (Å²) in [6.45, 7) is 1.81. The van der Waals surface area contributed by atoms with Crippen molar-refractivity contribution in [2.24, 2.45) is 0 Å². The van der Waals surface area contributed by atoms with Crippen molar-refractivity contribution in [1.29, 1.82) is 0 Å². The lowest BCUT2D eigenvalue weighted by Crippen LogP contribution is -2.44. The van der Waals surface area contributed by atoms with E-state index in [4.69, 9.17) is 14.0 Å². The number of halogens is 4. The maximum atomic E-state index is 15.2. The van der Waals surface area contributed by atoms with Crippen molar-refractivity contribution >= 4 is 11.7 Å². The second kappa shape index (κ2) is 11.7. The van der Waals surface area contributed by atoms with Crippen LogP contribution in [0.2, 0.25) is 0 Å². The van der Waals surface area contributed by atoms with E-state index < -0.39 is 59.8 Å². The van der Waals surface area contributed by atoms with E-state index in [9.17, 15) is 23.2 Å². The molecule has 1 aliphatic rings. The van der Waals surface area contributed by atoms with Crippen LogP contribution >= 0.6 is 0 Å². The molecule has 2 heterocycles. The Balaban J connectivity index is 1.64. The summed E-state index contributed by atoms with van der Waals surface area (Å²) in [5, 5.41) is 2.05. The summed E-state index contributed by atoms with van der Waals surface area (Å²) in [5.74, 6) is -2.85. The van der Waals surface area contributed by atoms with Crippen molar-refractivity contribution in [2.45, 2.75) is 44.6 Å². The maximum absolute atomic E-state index is 15.2. The number of aromatic amines is 1. The smallest absolute Gasteiger partial charge is 0.293 e. The highest BCUT2D eigenvalue weighted by Crippen LogP contribution is 2.35. The molecule has 0 unspecified atom stereocenters. The molecule has 0 aliphatic carbocycles. The van der Waals surface area contributed by atoms with E-state index in [1.165, 1.54) is 25.9 Å². The van der Waals surface area contributed by atoms with Crippen molar-refractivity contribution in [3.05, 3.63) is 86.4 Å². The van der Waals surface area contributed by atoms with E-state index in [2.05, 4.69) is 0 Å². The third-order valence-corrected chi connectivity index (χ3v) is 6.74. The van der Waals surface area contributed by atoms with Gasteiger partial charge < -0.3 is 18.9 Å². The first-order valence-electron chi connectivity index (χ1n) is 12.4. The van der Waals surface area contributed by atoms with Crippen LogP contribution in [-0.2, 0) is 27.8 Å². The Morgan fingerprint density at radius 1 is 1.15 bits per heavy atom. The zero-order valence-corrected chi connectivity index (χ0v) is 22.1. The number of hydrogen-bond acceptors (Lipinski definition) is 6. The fourth-order valence-electron chi connectivity index (χ4n) is 4.97. The Kier molecular flexibility index (Phi) is 8.48. The highest BCUT2D eigenvalue weighted by atomic mass is 19.3. The number of ketones is 1. The topological polar surface area (TPSA) is 102 Å². The number of aromatic nitrogens is 1. The lowest BCUT2D eigenvalue weighted by Gasteiger charge is -2.36. The average Bonchev–Trinajstić information content (AvgIpc) is 3.32. The van der Waals surface area contributed by atoms with Crippen molar-refractivity contribution in [3.63, 3.8) is 0 Å². The fourth-order valence-corrected chi connectivity index (χ4v) is 4.97. The molecular weight excluding hydrogens is 536 g/mol. The van der Waals surface area contributed by atoms with Gasteiger partial charge in [-0.1, -0.05) is 19.9 Å². The molecule has 40 heavy (non-hydrogen) atoms. The van der Waals surface area contributed by atoms with Gasteiger partial charge in [-0.3, -0.25) is 14.4 Å². The van der Waals surface area contributed by atoms with Crippen molar-refractivity contribution in [2.75, 3.05) is 26.9 Å². The molecule has 1 atom stereocenters. The van der Waals surface area contributed by atoms with E-state index in [1.54, 1.807) is 18.2 Å². The summed E-state index contributed by atoms with van der Waals surface area (Å²) in [6, 6.07) is 6.91. The van der Waals surface area contributed by atoms with Crippen LogP contribution in [0, 0.1) is 11.6 Å². The molecule has 214 valence electrons. The summed E-state index contributed by atoms with van der Waals surface area (Å²) in [7, 11) is 1.50. The number of nitrogens with one attached hydrogen (secondary N) is 1. The third-order valence-electron chi connectivity index (χ3n) is 6.74. The first-order valence-corrected chi connectivity index (χ1v) is 12.4. The minimum absolute atomic E-state index is 0.0225. The van der Waals surface area contributed by atoms with Gasteiger partial charge in [0, 0.05) is 23.9 Å². The molecule has 2 aromatic carbocycles. The zero-order valence-electron chi connectivity index (χ0n) is 22.1. The second-order valence-electron chi connectivity index (χ2n) is 10.2. The number of benzene rings is 2. The number of amides is 1. The number of nitrogens with zero attached hydrogens (tertiary/aromatic N) is 1. The molecule has 1 N–H and O–H groups in total. The number of rotatable bonds is 10. The maximum Gasteiger partial charge on any atom is 0.293 e. The van der Waals surface area contributed by atoms with Gasteiger partial charge in [0.25, 0.3) is 17.9 Å². The van der Waals surface area contributed by atoms with Gasteiger partial charge in [-0.25, -0.2) is 17.6 Å². The normalized spacial score (nSPS) is 15.3. The monoisotopic (exact) mass is 564 g/mol. The quantitative estimate of drug-likeness (QED) is 0.367. The van der Waals surface area contributed by atoms with E-state index in [-0.39, 0.29) is 30.0 Å². The molecule has 12 heteroatoms. The number of alkyl halides is 2. The molecule has 0 spiro atoms. The minimum Gasteiger partial charge on any atom is -0.497 e. The molecule has 0 fully saturated rings. The number of H-pyrrole nitrogens is 1. The van der Waals surface area contributed by atoms with Crippen molar-refractivity contribution in [1.82, 2.24) is 10.1 Å². The fraction of sp³-hybridized carbons (Fsp3) is 0.393. The van der Waals surface area contributed by atoms with Gasteiger partial charge >= 0.3 is 0 Å². The predicted molar refractivity (Wildman–Crippen MR) is 135 cm³/mol. The van der Waals surface area contributed by atoms with Gasteiger partial charge in [-0.15, -0.1) is 0 Å². The minimum atomic E-state index is -2.72. The van der Waals surface area contributed by atoms with Crippen LogP contribution in [0.4, 0.5) is 17.6 Å². The van der Waals surface area contributed by atoms with E-state index in [0.29, 0.717) is 17.7 Å². The molecule has 0 saturated carbocycles. The summed E-state index contributed by atoms with van der Waals surface area (Å²) in [4.78, 5) is 39.7. The number of fused-ring (bicyclic) bond motifs is 1. The first-order chi connectivity index (χ1) is 18.9. The Morgan fingerprint density at radius 2 is 1.85 bits per heavy atom. The van der Waals surface area contributed by atoms with Gasteiger partial charge in [-0.2, -0.15) is 5.16 Å². The SMILES string of the molecule is COc1ccc2c(c1)CCN(C(=O)c1cc(=O)[nH]o1)[C@H]2C(=O)Cc1cc(F)c(C(C)(C)COCC(F)F)c(F)c1. The van der Waals surface area contributed by atoms with Gasteiger partial charge in [0.05, 0.1) is 19.8 Å². The highest BCUT2D eigenvalue weighted by molar-refractivity contribution is 5.97. The number of hydrogen-bond donors (Lipinski definition) is 1. The Morgan fingerprint density at radius 3 is 2.45 bits per heavy atom. The van der Waals surface area contributed by atoms with Crippen molar-refractivity contribution < 1.29 is 41.1 Å². The molecule has 0 saturated heterocycles. The van der Waals surface area contributed by atoms with E-state index >= 15 is 8.78 Å². The van der Waals surface area contributed by atoms with Crippen LogP contribution in [-0.4, -0.2) is 55.0 Å². The van der Waals surface area contributed by atoms with Gasteiger partial charge in [0.1, 0.15) is 30.0 Å². The van der Waals surface area contributed by atoms with Gasteiger partial charge in [0.2, 0.25) is 5.76 Å². The van der Waals surface area contributed by atoms with E-state index in [1.807, 2.05) is 5.16 Å². The molecule has 1 aromatic heterocycles. The molecule has 3 aromatic rings. The van der Waals surface area contributed by atoms with Gasteiger partial charge in [-0.05, 0) is 47.4 Å². The first kappa shape index (κ1) is 29.1. The molecule has 0 radical (unpaired) electrons. The molecule has 8 nitrogen and oxygen atoms in total. The standard InChI is InChI=1S/C28H28F4N2O6/c1-28(2,14-39-13-23(31)32)25-19(29)8-15(9-20(25)30)10-21(35)26-18-5-4-17(38-3)11-16(18)6-7-34(26)27(37)22-12-24(36)33-40-22/h4-5,8-9,11-12,23,26H,6-7,10,13-14H2,1-3H3,(H,33,36)/t26-/m1/s1. The van der Waals surface area contributed by atoms with Crippen molar-refractivity contribution in [3.8, 4) is 5.75 Å². The molecule has 1 amide bonds. The number of Topliss-reactive ketones (excluding diaryl/α,β-unsaturated/α-hetero) is 1. The number of carbonyl (C=O) groups is 2. The zero-order chi connectivity index (χ0) is 29.2. The van der Waals surface area contributed by atoms with Crippen LogP contribution in [0.1, 0.15) is 52.7 Å². The molecule has 0 bridgehead atoms. The average molecular weight is 565 g/mol. The lowest BCUT2D eigenvalue weighted by molar-refractivity contribution is -0.123. The van der Waals surface area contributed by atoms with E-state index in [0.717, 1.165) is 23.8 Å². The number of carbonyl (C=O) groups excluding carboxylic acids is 2. The van der Waals surface area contributed by atoms with Crippen LogP contribution in [0.15, 0.2) is 45.7 Å². The summed E-state index contributed by atoms with van der Waals surface area (Å²) in [6.07, 6.45) is -2.75. The summed E-state index contributed by atoms with van der Waals surface area (Å²) < 4.78 is 70.3. The Hall–Kier alpha value is -3.93. The second-order valence-corrected chi connectivity index (χ2v) is 10.2. The number of ether oxygens (including phenoxy) is 2. The highest BCUT2D eigenvalue weighted by Gasteiger charge is 2.38. The van der Waals surface area contributed by atoms with Crippen LogP contribution in [0.25, 0.3) is 0 Å². The molecular formula is C28H28F4N2O6. The largest absolute Gasteiger partial charge is 0.497 e. The third kappa shape index (κ3) is 6.11. The molecule has 4 rings (SSSR count). The Labute approximate surface area is 226 Å². The number of methoxy groups -OCH3 is 1. The summed E-state index contributed by atoms with van der Waals surface area (Å²) in [5.41, 5.74) is -0.950. The molecule has 1 aliphatic heterocycles. The lowest BCUT2D eigenvalue weighted by atomic mass is 9.83. The van der Waals surface area contributed by atoms with Crippen LogP contribution in [0.3, 0.4) is 0 Å². The Bertz CT molecular complexity index is 1440. The predicted octanol–water partition coefficient (Wildman–Crippen LogP) is 4.37. The summed E-state index contributed by atoms with van der Waals surface area (Å²) >= 11 is 0. The van der Waals surface area contributed by atoms with Crippen LogP contribution in [0.5, 0.6) is 5.75 Å². The van der Waals surface area contributed by atoms with Crippen LogP contribution < -0.4 is 10.3 Å². The van der Waals surface area contributed by atoms with Gasteiger partial charge in [0.15, 0.2) is 5.78 Å².